The Balaban J connectivity index is 2.47. The summed E-state index contributed by atoms with van der Waals surface area (Å²) >= 11 is 0. The van der Waals surface area contributed by atoms with Gasteiger partial charge in [-0.15, -0.1) is 0 Å². The Kier molecular flexibility index (Phi) is 7.61. The van der Waals surface area contributed by atoms with Crippen molar-refractivity contribution in [3.05, 3.63) is 12.2 Å². The predicted octanol–water partition coefficient (Wildman–Crippen LogP) is 2.05. The molecular formula is C13H24F2N4O. The summed E-state index contributed by atoms with van der Waals surface area (Å²) in [4.78, 5) is 4.27. The molecule has 5 nitrogen and oxygen atoms in total. The van der Waals surface area contributed by atoms with Crippen LogP contribution in [0.5, 0.6) is 0 Å². The Hall–Kier alpha value is -1.08. The van der Waals surface area contributed by atoms with Crippen LogP contribution in [-0.2, 0) is 11.2 Å². The van der Waals surface area contributed by atoms with Crippen LogP contribution >= 0.6 is 0 Å². The van der Waals surface area contributed by atoms with Gasteiger partial charge in [-0.2, -0.15) is 5.10 Å². The SMILES string of the molecule is CCNC(CCOCC(F)F)Cc1ncnn1C(C)C. The molecule has 0 amide bonds. The summed E-state index contributed by atoms with van der Waals surface area (Å²) in [6, 6.07) is 0.407. The number of alkyl halides is 2. The van der Waals surface area contributed by atoms with Gasteiger partial charge in [-0.3, -0.25) is 0 Å². The van der Waals surface area contributed by atoms with Gasteiger partial charge >= 0.3 is 0 Å². The first-order valence-electron chi connectivity index (χ1n) is 7.02. The number of rotatable bonds is 10. The molecule has 0 aliphatic carbocycles. The highest BCUT2D eigenvalue weighted by molar-refractivity contribution is 4.91. The van der Waals surface area contributed by atoms with E-state index < -0.39 is 13.0 Å². The number of likely N-dealkylation sites (N-methyl/N-ethyl adjacent to an activating group) is 1. The lowest BCUT2D eigenvalue weighted by Crippen LogP contribution is -2.33. The van der Waals surface area contributed by atoms with E-state index in [2.05, 4.69) is 15.4 Å². The summed E-state index contributed by atoms with van der Waals surface area (Å²) in [5.41, 5.74) is 0. The third kappa shape index (κ3) is 5.92. The second-order valence-electron chi connectivity index (χ2n) is 4.93. The first-order valence-corrected chi connectivity index (χ1v) is 7.02. The summed E-state index contributed by atoms with van der Waals surface area (Å²) in [6.07, 6.45) is 0.526. The fraction of sp³-hybridized carbons (Fsp3) is 0.846. The molecule has 0 saturated carbocycles. The molecule has 20 heavy (non-hydrogen) atoms. The van der Waals surface area contributed by atoms with E-state index in [9.17, 15) is 8.78 Å². The molecule has 1 atom stereocenters. The van der Waals surface area contributed by atoms with Crippen molar-refractivity contribution in [1.29, 1.82) is 0 Å². The predicted molar refractivity (Wildman–Crippen MR) is 73.0 cm³/mol. The molecule has 1 unspecified atom stereocenters. The zero-order chi connectivity index (χ0) is 15.0. The molecule has 1 heterocycles. The molecule has 0 fully saturated rings. The number of ether oxygens (including phenoxy) is 1. The molecule has 0 spiro atoms. The second kappa shape index (κ2) is 8.97. The van der Waals surface area contributed by atoms with Gasteiger partial charge in [0.25, 0.3) is 6.43 Å². The molecule has 0 bridgehead atoms. The summed E-state index contributed by atoms with van der Waals surface area (Å²) < 4.78 is 30.8. The lowest BCUT2D eigenvalue weighted by atomic mass is 10.1. The van der Waals surface area contributed by atoms with Crippen molar-refractivity contribution in [3.8, 4) is 0 Å². The van der Waals surface area contributed by atoms with E-state index in [1.165, 1.54) is 0 Å². The third-order valence-corrected chi connectivity index (χ3v) is 2.91. The van der Waals surface area contributed by atoms with Crippen LogP contribution in [-0.4, -0.2) is 47.0 Å². The molecule has 1 aromatic rings. The van der Waals surface area contributed by atoms with E-state index in [1.807, 2.05) is 25.5 Å². The monoisotopic (exact) mass is 290 g/mol. The molecule has 1 aromatic heterocycles. The van der Waals surface area contributed by atoms with Crippen molar-refractivity contribution in [1.82, 2.24) is 20.1 Å². The standard InChI is InChI=1S/C13H24F2N4O/c1-4-16-11(5-6-20-8-12(14)15)7-13-17-9-18-19(13)10(2)3/h9-12,16H,4-8H2,1-3H3. The number of aromatic nitrogens is 3. The van der Waals surface area contributed by atoms with Gasteiger partial charge in [0.05, 0.1) is 0 Å². The van der Waals surface area contributed by atoms with Crippen molar-refractivity contribution in [2.45, 2.75) is 52.1 Å². The Labute approximate surface area is 118 Å². The summed E-state index contributed by atoms with van der Waals surface area (Å²) in [5, 5.41) is 7.52. The van der Waals surface area contributed by atoms with Crippen molar-refractivity contribution in [3.63, 3.8) is 0 Å². The maximum atomic E-state index is 12.0. The minimum atomic E-state index is -2.41. The van der Waals surface area contributed by atoms with Crippen molar-refractivity contribution >= 4 is 0 Å². The van der Waals surface area contributed by atoms with Gasteiger partial charge in [0, 0.05) is 25.1 Å². The van der Waals surface area contributed by atoms with Crippen LogP contribution < -0.4 is 5.32 Å². The molecule has 0 aliphatic heterocycles. The van der Waals surface area contributed by atoms with Crippen molar-refractivity contribution < 1.29 is 13.5 Å². The van der Waals surface area contributed by atoms with Crippen LogP contribution in [0.15, 0.2) is 6.33 Å². The van der Waals surface area contributed by atoms with Crippen LogP contribution in [0.3, 0.4) is 0 Å². The third-order valence-electron chi connectivity index (χ3n) is 2.91. The van der Waals surface area contributed by atoms with Crippen LogP contribution in [0.4, 0.5) is 8.78 Å². The van der Waals surface area contributed by atoms with Gasteiger partial charge in [-0.1, -0.05) is 6.92 Å². The van der Waals surface area contributed by atoms with E-state index in [0.29, 0.717) is 19.4 Å². The average Bonchev–Trinajstić information content (AvgIpc) is 2.82. The quantitative estimate of drug-likeness (QED) is 0.670. The van der Waals surface area contributed by atoms with Crippen molar-refractivity contribution in [2.75, 3.05) is 19.8 Å². The molecule has 7 heteroatoms. The minimum absolute atomic E-state index is 0.152. The summed E-state index contributed by atoms with van der Waals surface area (Å²) in [6.45, 7) is 6.74. The van der Waals surface area contributed by atoms with E-state index in [4.69, 9.17) is 4.74 Å². The van der Waals surface area contributed by atoms with Gasteiger partial charge in [-0.05, 0) is 26.8 Å². The fourth-order valence-electron chi connectivity index (χ4n) is 2.03. The maximum absolute atomic E-state index is 12.0. The largest absolute Gasteiger partial charge is 0.375 e. The molecule has 0 aromatic carbocycles. The Morgan fingerprint density at radius 3 is 2.75 bits per heavy atom. The molecule has 1 rings (SSSR count). The molecule has 0 radical (unpaired) electrons. The zero-order valence-electron chi connectivity index (χ0n) is 12.4. The van der Waals surface area contributed by atoms with Gasteiger partial charge in [0.15, 0.2) is 0 Å². The number of halogens is 2. The maximum Gasteiger partial charge on any atom is 0.261 e. The highest BCUT2D eigenvalue weighted by atomic mass is 19.3. The Morgan fingerprint density at radius 1 is 1.40 bits per heavy atom. The zero-order valence-corrected chi connectivity index (χ0v) is 12.4. The van der Waals surface area contributed by atoms with Crippen LogP contribution in [0, 0.1) is 0 Å². The summed E-state index contributed by atoms with van der Waals surface area (Å²) in [5.74, 6) is 0.903. The Bertz CT molecular complexity index is 371. The van der Waals surface area contributed by atoms with E-state index in [1.54, 1.807) is 6.33 Å². The second-order valence-corrected chi connectivity index (χ2v) is 4.93. The molecular weight excluding hydrogens is 266 g/mol. The van der Waals surface area contributed by atoms with Crippen molar-refractivity contribution in [2.24, 2.45) is 0 Å². The number of hydrogen-bond donors (Lipinski definition) is 1. The average molecular weight is 290 g/mol. The Morgan fingerprint density at radius 2 is 2.15 bits per heavy atom. The molecule has 1 N–H and O–H groups in total. The van der Waals surface area contributed by atoms with Crippen LogP contribution in [0.2, 0.25) is 0 Å². The molecule has 116 valence electrons. The normalized spacial score (nSPS) is 13.3. The topological polar surface area (TPSA) is 52.0 Å². The van der Waals surface area contributed by atoms with Gasteiger partial charge < -0.3 is 10.1 Å². The first-order chi connectivity index (χ1) is 9.54. The van der Waals surface area contributed by atoms with Gasteiger partial charge in [-0.25, -0.2) is 18.4 Å². The highest BCUT2D eigenvalue weighted by Gasteiger charge is 2.15. The number of nitrogens with one attached hydrogen (secondary N) is 1. The highest BCUT2D eigenvalue weighted by Crippen LogP contribution is 2.09. The molecule has 0 saturated heterocycles. The molecule has 0 aliphatic rings. The lowest BCUT2D eigenvalue weighted by Gasteiger charge is -2.18. The lowest BCUT2D eigenvalue weighted by molar-refractivity contribution is 0.0144. The van der Waals surface area contributed by atoms with E-state index in [0.717, 1.165) is 12.4 Å². The minimum Gasteiger partial charge on any atom is -0.375 e. The fourth-order valence-corrected chi connectivity index (χ4v) is 2.03. The number of nitrogens with zero attached hydrogens (tertiary/aromatic N) is 3. The van der Waals surface area contributed by atoms with Crippen LogP contribution in [0.25, 0.3) is 0 Å². The van der Waals surface area contributed by atoms with E-state index in [-0.39, 0.29) is 12.1 Å². The first kappa shape index (κ1) is 17.0. The summed E-state index contributed by atoms with van der Waals surface area (Å²) in [7, 11) is 0. The van der Waals surface area contributed by atoms with Gasteiger partial charge in [0.1, 0.15) is 18.8 Å². The smallest absolute Gasteiger partial charge is 0.261 e. The van der Waals surface area contributed by atoms with Crippen LogP contribution in [0.1, 0.15) is 39.1 Å². The number of hydrogen-bond acceptors (Lipinski definition) is 4. The van der Waals surface area contributed by atoms with E-state index >= 15 is 0 Å². The van der Waals surface area contributed by atoms with Gasteiger partial charge in [0.2, 0.25) is 0 Å².